The van der Waals surface area contributed by atoms with E-state index >= 15 is 0 Å². The van der Waals surface area contributed by atoms with Crippen LogP contribution in [0.1, 0.15) is 0 Å². The van der Waals surface area contributed by atoms with Crippen molar-refractivity contribution in [1.82, 2.24) is 29.7 Å². The Morgan fingerprint density at radius 3 is 2.79 bits per heavy atom. The fourth-order valence-electron chi connectivity index (χ4n) is 3.60. The maximum atomic E-state index is 5.24. The molecule has 1 N–H and O–H groups in total. The lowest BCUT2D eigenvalue weighted by Crippen LogP contribution is -1.96. The van der Waals surface area contributed by atoms with Crippen LogP contribution in [0.3, 0.4) is 0 Å². The molecule has 7 nitrogen and oxygen atoms in total. The molecular weight excluding hydrogens is 364 g/mol. The van der Waals surface area contributed by atoms with E-state index in [1.165, 1.54) is 0 Å². The van der Waals surface area contributed by atoms with Gasteiger partial charge in [-0.3, -0.25) is 4.98 Å². The van der Waals surface area contributed by atoms with Gasteiger partial charge in [0.25, 0.3) is 0 Å². The standard InChI is InChI=1S/C22H14N6O/c1-2-6-18-17(5-1)20(27-28(18)15-4-3-9-23-12-15)22-25-19-16(14-8-11-29-13-14)7-10-24-21(19)26-22/h1-13H,(H,24,25,26). The van der Waals surface area contributed by atoms with Gasteiger partial charge in [0.05, 0.1) is 35.4 Å². The summed E-state index contributed by atoms with van der Waals surface area (Å²) in [4.78, 5) is 16.8. The zero-order valence-corrected chi connectivity index (χ0v) is 15.1. The molecule has 5 heterocycles. The Kier molecular flexibility index (Phi) is 3.33. The number of furan rings is 1. The minimum Gasteiger partial charge on any atom is -0.472 e. The fourth-order valence-corrected chi connectivity index (χ4v) is 3.60. The molecule has 6 aromatic rings. The number of rotatable bonds is 3. The lowest BCUT2D eigenvalue weighted by atomic mass is 10.1. The second-order valence-corrected chi connectivity index (χ2v) is 6.64. The molecule has 5 aromatic heterocycles. The van der Waals surface area contributed by atoms with Crippen LogP contribution in [0.5, 0.6) is 0 Å². The highest BCUT2D eigenvalue weighted by Gasteiger charge is 2.18. The number of nitrogens with zero attached hydrogens (tertiary/aromatic N) is 5. The summed E-state index contributed by atoms with van der Waals surface area (Å²) in [5, 5.41) is 5.85. The molecule has 138 valence electrons. The molecule has 0 aliphatic rings. The van der Waals surface area contributed by atoms with E-state index in [-0.39, 0.29) is 0 Å². The van der Waals surface area contributed by atoms with Gasteiger partial charge in [0.2, 0.25) is 0 Å². The van der Waals surface area contributed by atoms with Crippen LogP contribution in [-0.4, -0.2) is 29.7 Å². The first-order valence-electron chi connectivity index (χ1n) is 9.14. The number of benzene rings is 1. The molecule has 0 aliphatic heterocycles. The van der Waals surface area contributed by atoms with Gasteiger partial charge in [0, 0.05) is 28.9 Å². The number of hydrogen-bond donors (Lipinski definition) is 1. The van der Waals surface area contributed by atoms with Crippen molar-refractivity contribution in [3.8, 4) is 28.3 Å². The molecule has 7 heteroatoms. The third kappa shape index (κ3) is 2.45. The fraction of sp³-hybridized carbons (Fsp3) is 0. The molecule has 1 aromatic carbocycles. The first-order valence-corrected chi connectivity index (χ1v) is 9.14. The Morgan fingerprint density at radius 1 is 0.966 bits per heavy atom. The number of aromatic nitrogens is 6. The van der Waals surface area contributed by atoms with E-state index in [4.69, 9.17) is 14.5 Å². The number of nitrogens with one attached hydrogen (secondary N) is 1. The van der Waals surface area contributed by atoms with Gasteiger partial charge in [-0.05, 0) is 30.3 Å². The smallest absolute Gasteiger partial charge is 0.178 e. The van der Waals surface area contributed by atoms with Crippen molar-refractivity contribution in [1.29, 1.82) is 0 Å². The SMILES string of the molecule is c1cncc(-n2nc(-c3nc4nccc(-c5ccoc5)c4[nH]3)c3ccccc32)c1. The molecule has 0 aliphatic carbocycles. The largest absolute Gasteiger partial charge is 0.472 e. The average Bonchev–Trinajstić information content (AvgIpc) is 3.51. The molecule has 0 atom stereocenters. The molecule has 29 heavy (non-hydrogen) atoms. The molecule has 0 fully saturated rings. The molecule has 6 rings (SSSR count). The third-order valence-electron chi connectivity index (χ3n) is 4.93. The molecular formula is C22H14N6O. The highest BCUT2D eigenvalue weighted by Crippen LogP contribution is 2.32. The maximum absolute atomic E-state index is 5.24. The van der Waals surface area contributed by atoms with Gasteiger partial charge in [-0.15, -0.1) is 0 Å². The summed E-state index contributed by atoms with van der Waals surface area (Å²) in [7, 11) is 0. The number of H-pyrrole nitrogens is 1. The monoisotopic (exact) mass is 378 g/mol. The lowest BCUT2D eigenvalue weighted by Gasteiger charge is -2.01. The summed E-state index contributed by atoms with van der Waals surface area (Å²) in [6.07, 6.45) is 8.66. The van der Waals surface area contributed by atoms with E-state index < -0.39 is 0 Å². The Labute approximate surface area is 164 Å². The number of aromatic amines is 1. The van der Waals surface area contributed by atoms with Crippen LogP contribution < -0.4 is 0 Å². The zero-order valence-electron chi connectivity index (χ0n) is 15.1. The zero-order chi connectivity index (χ0) is 19.2. The number of imidazole rings is 1. The summed E-state index contributed by atoms with van der Waals surface area (Å²) in [6.45, 7) is 0. The third-order valence-corrected chi connectivity index (χ3v) is 4.93. The van der Waals surface area contributed by atoms with Gasteiger partial charge >= 0.3 is 0 Å². The van der Waals surface area contributed by atoms with Crippen molar-refractivity contribution in [2.45, 2.75) is 0 Å². The van der Waals surface area contributed by atoms with Crippen LogP contribution in [-0.2, 0) is 0 Å². The number of para-hydroxylation sites is 1. The predicted molar refractivity (Wildman–Crippen MR) is 109 cm³/mol. The number of hydrogen-bond acceptors (Lipinski definition) is 5. The summed E-state index contributed by atoms with van der Waals surface area (Å²) < 4.78 is 7.13. The van der Waals surface area contributed by atoms with E-state index in [1.807, 2.05) is 53.2 Å². The highest BCUT2D eigenvalue weighted by molar-refractivity contribution is 5.96. The second kappa shape index (κ2) is 6.13. The Bertz CT molecular complexity index is 1450. The van der Waals surface area contributed by atoms with Gasteiger partial charge in [-0.1, -0.05) is 18.2 Å². The van der Waals surface area contributed by atoms with Crippen molar-refractivity contribution >= 4 is 22.1 Å². The van der Waals surface area contributed by atoms with Crippen LogP contribution in [0, 0.1) is 0 Å². The molecule has 0 bridgehead atoms. The molecule has 0 amide bonds. The predicted octanol–water partition coefficient (Wildman–Crippen LogP) is 4.62. The summed E-state index contributed by atoms with van der Waals surface area (Å²) in [5.74, 6) is 0.669. The van der Waals surface area contributed by atoms with Crippen LogP contribution in [0.15, 0.2) is 84.1 Å². The highest BCUT2D eigenvalue weighted by atomic mass is 16.3. The van der Waals surface area contributed by atoms with Crippen molar-refractivity contribution in [3.63, 3.8) is 0 Å². The molecule has 0 saturated carbocycles. The normalized spacial score (nSPS) is 11.4. The van der Waals surface area contributed by atoms with Gasteiger partial charge in [-0.25, -0.2) is 14.6 Å². The van der Waals surface area contributed by atoms with Gasteiger partial charge in [-0.2, -0.15) is 5.10 Å². The molecule has 0 unspecified atom stereocenters. The van der Waals surface area contributed by atoms with Crippen molar-refractivity contribution in [2.24, 2.45) is 0 Å². The average molecular weight is 378 g/mol. The lowest BCUT2D eigenvalue weighted by molar-refractivity contribution is 0.568. The molecule has 0 saturated heterocycles. The summed E-state index contributed by atoms with van der Waals surface area (Å²) >= 11 is 0. The number of pyridine rings is 2. The summed E-state index contributed by atoms with van der Waals surface area (Å²) in [5.41, 5.74) is 6.09. The maximum Gasteiger partial charge on any atom is 0.178 e. The van der Waals surface area contributed by atoms with Crippen LogP contribution in [0.25, 0.3) is 50.4 Å². The van der Waals surface area contributed by atoms with E-state index in [0.29, 0.717) is 11.5 Å². The summed E-state index contributed by atoms with van der Waals surface area (Å²) in [6, 6.07) is 15.8. The first kappa shape index (κ1) is 15.8. The second-order valence-electron chi connectivity index (χ2n) is 6.64. The van der Waals surface area contributed by atoms with Crippen LogP contribution in [0.4, 0.5) is 0 Å². The van der Waals surface area contributed by atoms with Gasteiger partial charge in [0.1, 0.15) is 5.69 Å². The van der Waals surface area contributed by atoms with E-state index in [1.54, 1.807) is 31.1 Å². The quantitative estimate of drug-likeness (QED) is 0.486. The van der Waals surface area contributed by atoms with Crippen molar-refractivity contribution in [3.05, 3.63) is 79.6 Å². The Morgan fingerprint density at radius 2 is 1.93 bits per heavy atom. The minimum absolute atomic E-state index is 0.638. The molecule has 0 spiro atoms. The van der Waals surface area contributed by atoms with Crippen molar-refractivity contribution < 1.29 is 4.42 Å². The van der Waals surface area contributed by atoms with Crippen molar-refractivity contribution in [2.75, 3.05) is 0 Å². The Balaban J connectivity index is 1.60. The van der Waals surface area contributed by atoms with E-state index in [0.717, 1.165) is 38.9 Å². The van der Waals surface area contributed by atoms with Crippen LogP contribution >= 0.6 is 0 Å². The number of fused-ring (bicyclic) bond motifs is 2. The van der Waals surface area contributed by atoms with E-state index in [2.05, 4.69) is 15.0 Å². The van der Waals surface area contributed by atoms with E-state index in [9.17, 15) is 0 Å². The van der Waals surface area contributed by atoms with Crippen LogP contribution in [0.2, 0.25) is 0 Å². The topological polar surface area (TPSA) is 85.4 Å². The van der Waals surface area contributed by atoms with Gasteiger partial charge in [0.15, 0.2) is 11.5 Å². The Hall–Kier alpha value is -4.26. The molecule has 0 radical (unpaired) electrons. The van der Waals surface area contributed by atoms with Gasteiger partial charge < -0.3 is 9.40 Å². The first-order chi connectivity index (χ1) is 14.4. The minimum atomic E-state index is 0.638.